The van der Waals surface area contributed by atoms with E-state index < -0.39 is 0 Å². The number of ether oxygens (including phenoxy) is 1. The number of hydrogen-bond donors (Lipinski definition) is 3. The van der Waals surface area contributed by atoms with E-state index in [-0.39, 0.29) is 24.6 Å². The van der Waals surface area contributed by atoms with Crippen LogP contribution in [0.2, 0.25) is 0 Å². The van der Waals surface area contributed by atoms with Gasteiger partial charge in [-0.1, -0.05) is 5.16 Å². The van der Waals surface area contributed by atoms with Crippen LogP contribution in [-0.2, 0) is 4.74 Å². The number of nitrogens with two attached hydrogens (primary N) is 1. The molecule has 1 fully saturated rings. The fourth-order valence-electron chi connectivity index (χ4n) is 1.90. The highest BCUT2D eigenvalue weighted by Crippen LogP contribution is 2.18. The first-order valence-electron chi connectivity index (χ1n) is 5.94. The minimum Gasteiger partial charge on any atom is -0.409 e. The molecule has 0 spiro atoms. The van der Waals surface area contributed by atoms with Crippen LogP contribution >= 0.6 is 0 Å². The van der Waals surface area contributed by atoms with Crippen molar-refractivity contribution >= 4 is 11.7 Å². The fourth-order valence-corrected chi connectivity index (χ4v) is 1.90. The van der Waals surface area contributed by atoms with Crippen molar-refractivity contribution in [1.82, 2.24) is 9.97 Å². The second kappa shape index (κ2) is 5.81. The molecule has 1 aromatic rings. The zero-order valence-electron chi connectivity index (χ0n) is 10.6. The van der Waals surface area contributed by atoms with Gasteiger partial charge in [-0.05, 0) is 6.92 Å². The molecule has 2 unspecified atom stereocenters. The molecule has 1 aromatic heterocycles. The molecular weight excluding hydrogens is 250 g/mol. The third kappa shape index (κ3) is 2.91. The number of nitrogens with zero attached hydrogens (tertiary/aromatic N) is 4. The van der Waals surface area contributed by atoms with Crippen molar-refractivity contribution < 1.29 is 15.1 Å². The molecule has 0 aromatic carbocycles. The van der Waals surface area contributed by atoms with Gasteiger partial charge in [0.05, 0.1) is 37.8 Å². The topological polar surface area (TPSA) is 117 Å². The van der Waals surface area contributed by atoms with Crippen LogP contribution in [0.15, 0.2) is 17.5 Å². The largest absolute Gasteiger partial charge is 0.409 e. The van der Waals surface area contributed by atoms with Crippen molar-refractivity contribution in [3.8, 4) is 0 Å². The van der Waals surface area contributed by atoms with E-state index in [2.05, 4.69) is 15.1 Å². The second-order valence-electron chi connectivity index (χ2n) is 4.38. The van der Waals surface area contributed by atoms with Gasteiger partial charge in [0.15, 0.2) is 5.84 Å². The molecule has 19 heavy (non-hydrogen) atoms. The number of aliphatic hydroxyl groups excluding tert-OH is 1. The molecule has 0 radical (unpaired) electrons. The highest BCUT2D eigenvalue weighted by Gasteiger charge is 2.26. The summed E-state index contributed by atoms with van der Waals surface area (Å²) in [6.07, 6.45) is 2.78. The van der Waals surface area contributed by atoms with E-state index in [1.807, 2.05) is 11.8 Å². The third-order valence-electron chi connectivity index (χ3n) is 3.01. The third-order valence-corrected chi connectivity index (χ3v) is 3.01. The Morgan fingerprint density at radius 3 is 2.95 bits per heavy atom. The Morgan fingerprint density at radius 1 is 1.58 bits per heavy atom. The van der Waals surface area contributed by atoms with Crippen LogP contribution in [0.4, 0.5) is 5.82 Å². The van der Waals surface area contributed by atoms with Gasteiger partial charge in [0.1, 0.15) is 11.5 Å². The Hall–Kier alpha value is -1.93. The standard InChI is InChI=1S/C11H17N5O3/c1-7-6-19-8(5-17)4-16(7)10-3-13-9(2-14-10)11(12)15-18/h2-3,7-8,17-18H,4-6H2,1H3,(H2,12,15). The highest BCUT2D eigenvalue weighted by molar-refractivity contribution is 5.94. The number of amidine groups is 1. The number of aromatic nitrogens is 2. The molecule has 4 N–H and O–H groups in total. The van der Waals surface area contributed by atoms with E-state index >= 15 is 0 Å². The molecule has 0 saturated carbocycles. The lowest BCUT2D eigenvalue weighted by molar-refractivity contribution is -0.0106. The number of morpholine rings is 1. The molecule has 2 rings (SSSR count). The molecule has 8 nitrogen and oxygen atoms in total. The molecule has 1 aliphatic rings. The monoisotopic (exact) mass is 267 g/mol. The van der Waals surface area contributed by atoms with E-state index in [0.29, 0.717) is 24.7 Å². The van der Waals surface area contributed by atoms with E-state index in [9.17, 15) is 0 Å². The van der Waals surface area contributed by atoms with Crippen molar-refractivity contribution in [3.05, 3.63) is 18.1 Å². The van der Waals surface area contributed by atoms with Crippen LogP contribution in [0.5, 0.6) is 0 Å². The lowest BCUT2D eigenvalue weighted by Crippen LogP contribution is -2.50. The number of anilines is 1. The minimum atomic E-state index is -0.221. The maximum atomic E-state index is 9.14. The smallest absolute Gasteiger partial charge is 0.190 e. The Bertz CT molecular complexity index is 450. The molecule has 1 saturated heterocycles. The molecule has 2 heterocycles. The molecular formula is C11H17N5O3. The fraction of sp³-hybridized carbons (Fsp3) is 0.545. The summed E-state index contributed by atoms with van der Waals surface area (Å²) in [7, 11) is 0. The van der Waals surface area contributed by atoms with Gasteiger partial charge in [0, 0.05) is 6.54 Å². The summed E-state index contributed by atoms with van der Waals surface area (Å²) < 4.78 is 5.46. The number of oxime groups is 1. The first kappa shape index (κ1) is 13.5. The Labute approximate surface area is 110 Å². The zero-order valence-corrected chi connectivity index (χ0v) is 10.6. The maximum absolute atomic E-state index is 9.14. The van der Waals surface area contributed by atoms with Gasteiger partial charge < -0.3 is 25.7 Å². The van der Waals surface area contributed by atoms with Crippen LogP contribution < -0.4 is 10.6 Å². The summed E-state index contributed by atoms with van der Waals surface area (Å²) in [4.78, 5) is 10.3. The normalized spacial score (nSPS) is 24.5. The van der Waals surface area contributed by atoms with Gasteiger partial charge in [0.2, 0.25) is 0 Å². The van der Waals surface area contributed by atoms with E-state index in [1.54, 1.807) is 6.20 Å². The van der Waals surface area contributed by atoms with E-state index in [0.717, 1.165) is 0 Å². The van der Waals surface area contributed by atoms with Crippen LogP contribution in [-0.4, -0.2) is 58.0 Å². The lowest BCUT2D eigenvalue weighted by atomic mass is 10.2. The van der Waals surface area contributed by atoms with Gasteiger partial charge in [-0.15, -0.1) is 0 Å². The Morgan fingerprint density at radius 2 is 2.37 bits per heavy atom. The lowest BCUT2D eigenvalue weighted by Gasteiger charge is -2.38. The number of rotatable bonds is 3. The van der Waals surface area contributed by atoms with Crippen LogP contribution in [0.3, 0.4) is 0 Å². The first-order valence-corrected chi connectivity index (χ1v) is 5.94. The predicted molar refractivity (Wildman–Crippen MR) is 68.2 cm³/mol. The molecule has 0 bridgehead atoms. The van der Waals surface area contributed by atoms with Crippen LogP contribution in [0.25, 0.3) is 0 Å². The summed E-state index contributed by atoms with van der Waals surface area (Å²) in [5, 5.41) is 20.6. The van der Waals surface area contributed by atoms with Crippen molar-refractivity contribution in [2.24, 2.45) is 10.9 Å². The van der Waals surface area contributed by atoms with Gasteiger partial charge in [-0.25, -0.2) is 9.97 Å². The predicted octanol–water partition coefficient (Wildman–Crippen LogP) is -0.843. The van der Waals surface area contributed by atoms with E-state index in [4.69, 9.17) is 20.8 Å². The minimum absolute atomic E-state index is 0.0289. The van der Waals surface area contributed by atoms with E-state index in [1.165, 1.54) is 6.20 Å². The van der Waals surface area contributed by atoms with Gasteiger partial charge in [-0.2, -0.15) is 0 Å². The van der Waals surface area contributed by atoms with Crippen molar-refractivity contribution in [2.75, 3.05) is 24.7 Å². The summed E-state index contributed by atoms with van der Waals surface area (Å²) in [6.45, 7) is 3.05. The summed E-state index contributed by atoms with van der Waals surface area (Å²) in [5.74, 6) is 0.589. The molecule has 0 amide bonds. The summed E-state index contributed by atoms with van der Waals surface area (Å²) >= 11 is 0. The van der Waals surface area contributed by atoms with Crippen LogP contribution in [0, 0.1) is 0 Å². The van der Waals surface area contributed by atoms with Gasteiger partial charge >= 0.3 is 0 Å². The molecule has 104 valence electrons. The van der Waals surface area contributed by atoms with Crippen molar-refractivity contribution in [2.45, 2.75) is 19.1 Å². The second-order valence-corrected chi connectivity index (χ2v) is 4.38. The Kier molecular flexibility index (Phi) is 4.13. The van der Waals surface area contributed by atoms with Crippen molar-refractivity contribution in [1.29, 1.82) is 0 Å². The van der Waals surface area contributed by atoms with Gasteiger partial charge in [0.25, 0.3) is 0 Å². The molecule has 2 atom stereocenters. The molecule has 0 aliphatic carbocycles. The average Bonchev–Trinajstić information content (AvgIpc) is 2.47. The summed E-state index contributed by atoms with van der Waals surface area (Å²) in [6, 6.07) is 0.145. The molecule has 8 heteroatoms. The highest BCUT2D eigenvalue weighted by atomic mass is 16.5. The van der Waals surface area contributed by atoms with Gasteiger partial charge in [-0.3, -0.25) is 0 Å². The summed E-state index contributed by atoms with van der Waals surface area (Å²) in [5.41, 5.74) is 5.74. The van der Waals surface area contributed by atoms with Crippen molar-refractivity contribution in [3.63, 3.8) is 0 Å². The SMILES string of the molecule is CC1COC(CO)CN1c1cnc(C(N)=NO)cn1. The first-order chi connectivity index (χ1) is 9.15. The average molecular weight is 267 g/mol. The number of hydrogen-bond acceptors (Lipinski definition) is 7. The quantitative estimate of drug-likeness (QED) is 0.283. The maximum Gasteiger partial charge on any atom is 0.190 e. The molecule has 1 aliphatic heterocycles. The van der Waals surface area contributed by atoms with Crippen LogP contribution in [0.1, 0.15) is 12.6 Å². The number of aliphatic hydroxyl groups is 1. The Balaban J connectivity index is 2.16. The zero-order chi connectivity index (χ0) is 13.8.